The number of H-pyrrole nitrogens is 1. The molecule has 0 aromatic carbocycles. The van der Waals surface area contributed by atoms with Crippen molar-refractivity contribution in [3.63, 3.8) is 0 Å². The number of nitro groups is 1. The van der Waals surface area contributed by atoms with E-state index < -0.39 is 17.3 Å². The maximum absolute atomic E-state index is 10.4. The van der Waals surface area contributed by atoms with Crippen molar-refractivity contribution < 1.29 is 14.8 Å². The first-order valence-electron chi connectivity index (χ1n) is 3.42. The van der Waals surface area contributed by atoms with Gasteiger partial charge in [0.1, 0.15) is 5.69 Å². The predicted molar refractivity (Wildman–Crippen MR) is 41.3 cm³/mol. The molecule has 0 saturated carbocycles. The van der Waals surface area contributed by atoms with Crippen LogP contribution in [0.2, 0.25) is 0 Å². The van der Waals surface area contributed by atoms with Crippen molar-refractivity contribution in [1.29, 1.82) is 0 Å². The number of aryl methyl sites for hydroxylation is 1. The quantitative estimate of drug-likeness (QED) is 0.518. The van der Waals surface area contributed by atoms with Crippen molar-refractivity contribution in [1.82, 2.24) is 9.97 Å². The molecular weight excluding hydrogens is 178 g/mol. The van der Waals surface area contributed by atoms with Crippen molar-refractivity contribution in [3.05, 3.63) is 21.6 Å². The molecule has 7 nitrogen and oxygen atoms in total. The molecule has 0 aliphatic heterocycles. The zero-order valence-electron chi connectivity index (χ0n) is 6.77. The van der Waals surface area contributed by atoms with Gasteiger partial charge in [-0.3, -0.25) is 4.79 Å². The van der Waals surface area contributed by atoms with E-state index in [4.69, 9.17) is 5.11 Å². The van der Waals surface area contributed by atoms with Gasteiger partial charge in [0.2, 0.25) is 0 Å². The van der Waals surface area contributed by atoms with Crippen LogP contribution in [0.4, 0.5) is 5.82 Å². The average Bonchev–Trinajstić information content (AvgIpc) is 2.29. The minimum absolute atomic E-state index is 0.0463. The van der Waals surface area contributed by atoms with E-state index >= 15 is 0 Å². The normalized spacial score (nSPS) is 9.92. The number of rotatable bonds is 3. The number of carboxylic acid groups (broad SMARTS) is 1. The second-order valence-electron chi connectivity index (χ2n) is 2.45. The van der Waals surface area contributed by atoms with Crippen molar-refractivity contribution in [2.24, 2.45) is 0 Å². The molecule has 0 spiro atoms. The zero-order chi connectivity index (χ0) is 10.0. The van der Waals surface area contributed by atoms with Crippen LogP contribution in [0.3, 0.4) is 0 Å². The topological polar surface area (TPSA) is 109 Å². The van der Waals surface area contributed by atoms with Crippen LogP contribution in [0.15, 0.2) is 0 Å². The Labute approximate surface area is 72.6 Å². The van der Waals surface area contributed by atoms with Crippen LogP contribution in [0.25, 0.3) is 0 Å². The van der Waals surface area contributed by atoms with E-state index in [1.807, 2.05) is 0 Å². The number of aliphatic carboxylic acids is 1. The third-order valence-electron chi connectivity index (χ3n) is 1.38. The van der Waals surface area contributed by atoms with Crippen LogP contribution in [0.1, 0.15) is 11.5 Å². The molecule has 0 amide bonds. The largest absolute Gasteiger partial charge is 0.481 e. The Morgan fingerprint density at radius 2 is 2.38 bits per heavy atom. The fourth-order valence-corrected chi connectivity index (χ4v) is 0.944. The van der Waals surface area contributed by atoms with Gasteiger partial charge in [0, 0.05) is 6.92 Å². The number of hydrogen-bond donors (Lipinski definition) is 2. The van der Waals surface area contributed by atoms with Crippen LogP contribution in [-0.4, -0.2) is 26.0 Å². The molecule has 0 bridgehead atoms. The van der Waals surface area contributed by atoms with E-state index in [1.165, 1.54) is 6.92 Å². The summed E-state index contributed by atoms with van der Waals surface area (Å²) in [6.07, 6.45) is -0.444. The maximum Gasteiger partial charge on any atom is 0.344 e. The van der Waals surface area contributed by atoms with Gasteiger partial charge in [-0.15, -0.1) is 0 Å². The number of hydrogen-bond acceptors (Lipinski definition) is 4. The number of nitrogens with one attached hydrogen (secondary N) is 1. The van der Waals surface area contributed by atoms with E-state index in [2.05, 4.69) is 9.97 Å². The molecule has 70 valence electrons. The van der Waals surface area contributed by atoms with Gasteiger partial charge in [0.05, 0.1) is 6.42 Å². The van der Waals surface area contributed by atoms with Gasteiger partial charge < -0.3 is 15.2 Å². The molecule has 0 saturated heterocycles. The summed E-state index contributed by atoms with van der Waals surface area (Å²) in [4.78, 5) is 26.0. The highest BCUT2D eigenvalue weighted by atomic mass is 16.6. The van der Waals surface area contributed by atoms with Crippen LogP contribution >= 0.6 is 0 Å². The zero-order valence-corrected chi connectivity index (χ0v) is 6.77. The van der Waals surface area contributed by atoms with Gasteiger partial charge >= 0.3 is 11.8 Å². The summed E-state index contributed by atoms with van der Waals surface area (Å²) in [5.74, 6) is -1.16. The number of nitrogens with zero attached hydrogens (tertiary/aromatic N) is 2. The molecule has 0 aliphatic rings. The molecule has 7 heteroatoms. The van der Waals surface area contributed by atoms with Crippen molar-refractivity contribution in [2.45, 2.75) is 13.3 Å². The summed E-state index contributed by atoms with van der Waals surface area (Å²) in [5.41, 5.74) is -0.0463. The van der Waals surface area contributed by atoms with Crippen LogP contribution in [0, 0.1) is 17.0 Å². The van der Waals surface area contributed by atoms with Crippen molar-refractivity contribution in [3.8, 4) is 0 Å². The van der Waals surface area contributed by atoms with E-state index in [-0.39, 0.29) is 11.5 Å². The molecule has 0 fully saturated rings. The number of aromatic amines is 1. The Morgan fingerprint density at radius 1 is 1.77 bits per heavy atom. The second kappa shape index (κ2) is 3.21. The molecule has 1 heterocycles. The summed E-state index contributed by atoms with van der Waals surface area (Å²) in [6.45, 7) is 1.53. The number of aromatic nitrogens is 2. The molecule has 2 N–H and O–H groups in total. The van der Waals surface area contributed by atoms with Gasteiger partial charge in [-0.25, -0.2) is 9.97 Å². The monoisotopic (exact) mass is 185 g/mol. The molecular formula is C6H7N3O4. The molecule has 0 atom stereocenters. The summed E-state index contributed by atoms with van der Waals surface area (Å²) in [7, 11) is 0. The third kappa shape index (κ3) is 2.01. The maximum atomic E-state index is 10.4. The van der Waals surface area contributed by atoms with Gasteiger partial charge in [-0.05, 0) is 4.92 Å². The Balaban J connectivity index is 3.04. The lowest BCUT2D eigenvalue weighted by Crippen LogP contribution is -2.03. The Morgan fingerprint density at radius 3 is 2.85 bits per heavy atom. The Bertz CT molecular complexity index is 357. The van der Waals surface area contributed by atoms with Gasteiger partial charge in [0.25, 0.3) is 0 Å². The second-order valence-corrected chi connectivity index (χ2v) is 2.45. The van der Waals surface area contributed by atoms with E-state index in [0.717, 1.165) is 0 Å². The smallest absolute Gasteiger partial charge is 0.344 e. The predicted octanol–water partition coefficient (Wildman–Crippen LogP) is 0.253. The van der Waals surface area contributed by atoms with Gasteiger partial charge in [-0.1, -0.05) is 0 Å². The number of imidazole rings is 1. The summed E-state index contributed by atoms with van der Waals surface area (Å²) in [6, 6.07) is 0. The van der Waals surface area contributed by atoms with E-state index in [1.54, 1.807) is 0 Å². The lowest BCUT2D eigenvalue weighted by Gasteiger charge is -1.92. The minimum atomic E-state index is -1.14. The molecule has 1 aromatic rings. The van der Waals surface area contributed by atoms with Crippen molar-refractivity contribution >= 4 is 11.8 Å². The van der Waals surface area contributed by atoms with E-state index in [9.17, 15) is 14.9 Å². The first-order chi connectivity index (χ1) is 6.00. The van der Waals surface area contributed by atoms with E-state index in [0.29, 0.717) is 5.82 Å². The fourth-order valence-electron chi connectivity index (χ4n) is 0.944. The lowest BCUT2D eigenvalue weighted by atomic mass is 10.3. The van der Waals surface area contributed by atoms with Crippen LogP contribution in [0.5, 0.6) is 0 Å². The minimum Gasteiger partial charge on any atom is -0.481 e. The fraction of sp³-hybridized carbons (Fsp3) is 0.333. The van der Waals surface area contributed by atoms with Crippen LogP contribution in [-0.2, 0) is 11.2 Å². The molecule has 0 aliphatic carbocycles. The molecule has 1 aromatic heterocycles. The molecule has 1 rings (SSSR count). The Hall–Kier alpha value is -1.92. The van der Waals surface area contributed by atoms with Crippen molar-refractivity contribution in [2.75, 3.05) is 0 Å². The molecule has 13 heavy (non-hydrogen) atoms. The average molecular weight is 185 g/mol. The molecule has 0 radical (unpaired) electrons. The number of carbonyl (C=O) groups is 1. The SMILES string of the molecule is Cc1nc(CC(=O)O)c([N+](=O)[O-])[nH]1. The third-order valence-corrected chi connectivity index (χ3v) is 1.38. The highest BCUT2D eigenvalue weighted by molar-refractivity contribution is 5.70. The first-order valence-corrected chi connectivity index (χ1v) is 3.42. The standard InChI is InChI=1S/C6H7N3O4/c1-3-7-4(2-5(10)11)6(8-3)9(12)13/h2H2,1H3,(H,7,8)(H,10,11). The summed E-state index contributed by atoms with van der Waals surface area (Å²) < 4.78 is 0. The first kappa shape index (κ1) is 9.17. The summed E-state index contributed by atoms with van der Waals surface area (Å²) >= 11 is 0. The number of carboxylic acids is 1. The Kier molecular flexibility index (Phi) is 2.27. The van der Waals surface area contributed by atoms with Gasteiger partial charge in [0.15, 0.2) is 5.82 Å². The highest BCUT2D eigenvalue weighted by Gasteiger charge is 2.19. The summed E-state index contributed by atoms with van der Waals surface area (Å²) in [5, 5.41) is 18.8. The highest BCUT2D eigenvalue weighted by Crippen LogP contribution is 2.14. The van der Waals surface area contributed by atoms with Crippen LogP contribution < -0.4 is 0 Å². The van der Waals surface area contributed by atoms with Gasteiger partial charge in [-0.2, -0.15) is 0 Å². The molecule has 0 unspecified atom stereocenters. The lowest BCUT2D eigenvalue weighted by molar-refractivity contribution is -0.390.